The molecule has 0 fully saturated rings. The lowest BCUT2D eigenvalue weighted by atomic mass is 9.81. The lowest BCUT2D eigenvalue weighted by Gasteiger charge is -2.29. The van der Waals surface area contributed by atoms with Crippen molar-refractivity contribution in [1.29, 1.82) is 0 Å². The number of hydrogen-bond donors (Lipinski definition) is 1. The van der Waals surface area contributed by atoms with E-state index in [-0.39, 0.29) is 49.1 Å². The topological polar surface area (TPSA) is 99.5 Å². The number of nitrogens with one attached hydrogen (secondary N) is 1. The normalized spacial score (nSPS) is 19.3. The third-order valence-electron chi connectivity index (χ3n) is 7.97. The number of aromatic nitrogens is 2. The van der Waals surface area contributed by atoms with E-state index in [2.05, 4.69) is 5.32 Å². The summed E-state index contributed by atoms with van der Waals surface area (Å²) in [6, 6.07) is 2.99. The summed E-state index contributed by atoms with van der Waals surface area (Å²) in [6.07, 6.45) is 1.72. The van der Waals surface area contributed by atoms with E-state index in [1.165, 1.54) is 6.07 Å². The van der Waals surface area contributed by atoms with E-state index in [1.807, 2.05) is 19.9 Å². The summed E-state index contributed by atoms with van der Waals surface area (Å²) < 4.78 is 27.2. The Balaban J connectivity index is 1.58. The average molecular weight is 506 g/mol. The molecular formula is C28H28FN3O5. The molecule has 4 heterocycles. The number of ether oxygens (including phenoxy) is 2. The Morgan fingerprint density at radius 3 is 2.81 bits per heavy atom. The minimum Gasteiger partial charge on any atom is -0.460 e. The number of amides is 1. The van der Waals surface area contributed by atoms with Crippen LogP contribution < -0.4 is 10.9 Å². The molecule has 9 heteroatoms. The van der Waals surface area contributed by atoms with E-state index >= 15 is 0 Å². The van der Waals surface area contributed by atoms with Crippen LogP contribution in [0.3, 0.4) is 0 Å². The number of carbonyl (C=O) groups excluding carboxylic acids is 2. The number of fused-ring (bicyclic) bond motifs is 5. The van der Waals surface area contributed by atoms with Crippen LogP contribution in [0, 0.1) is 12.7 Å². The molecule has 1 aliphatic carbocycles. The van der Waals surface area contributed by atoms with Gasteiger partial charge < -0.3 is 19.4 Å². The Bertz CT molecular complexity index is 1560. The van der Waals surface area contributed by atoms with E-state index < -0.39 is 5.92 Å². The molecule has 3 aliphatic rings. The quantitative estimate of drug-likeness (QED) is 0.417. The Labute approximate surface area is 212 Å². The monoisotopic (exact) mass is 505 g/mol. The van der Waals surface area contributed by atoms with Crippen molar-refractivity contribution in [1.82, 2.24) is 14.9 Å². The fourth-order valence-corrected chi connectivity index (χ4v) is 6.15. The summed E-state index contributed by atoms with van der Waals surface area (Å²) in [4.78, 5) is 43.5. The van der Waals surface area contributed by atoms with E-state index in [9.17, 15) is 18.8 Å². The first kappa shape index (κ1) is 23.8. The number of carbonyl (C=O) groups is 2. The van der Waals surface area contributed by atoms with Crippen molar-refractivity contribution in [2.75, 3.05) is 13.2 Å². The molecule has 1 amide bonds. The van der Waals surface area contributed by atoms with Crippen LogP contribution in [-0.4, -0.2) is 34.6 Å². The van der Waals surface area contributed by atoms with Gasteiger partial charge in [-0.2, -0.15) is 0 Å². The van der Waals surface area contributed by atoms with Gasteiger partial charge in [0.15, 0.2) is 0 Å². The Morgan fingerprint density at radius 1 is 1.24 bits per heavy atom. The van der Waals surface area contributed by atoms with Gasteiger partial charge in [0.25, 0.3) is 5.56 Å². The molecule has 0 saturated heterocycles. The molecule has 8 nitrogen and oxygen atoms in total. The maximum Gasteiger partial charge on any atom is 0.313 e. The molecule has 2 aromatic heterocycles. The van der Waals surface area contributed by atoms with Crippen molar-refractivity contribution < 1.29 is 23.5 Å². The summed E-state index contributed by atoms with van der Waals surface area (Å²) in [6.45, 7) is 6.11. The fraction of sp³-hybridized carbons (Fsp3) is 0.429. The minimum atomic E-state index is -0.512. The van der Waals surface area contributed by atoms with E-state index in [0.717, 1.165) is 22.1 Å². The third kappa shape index (κ3) is 3.51. The highest BCUT2D eigenvalue weighted by Gasteiger charge is 2.37. The number of hydrogen-bond acceptors (Lipinski definition) is 6. The van der Waals surface area contributed by atoms with Gasteiger partial charge in [-0.1, -0.05) is 6.92 Å². The summed E-state index contributed by atoms with van der Waals surface area (Å²) >= 11 is 0. The van der Waals surface area contributed by atoms with Gasteiger partial charge in [-0.15, -0.1) is 0 Å². The predicted molar refractivity (Wildman–Crippen MR) is 134 cm³/mol. The molecule has 0 radical (unpaired) electrons. The summed E-state index contributed by atoms with van der Waals surface area (Å²) in [5.41, 5.74) is 5.87. The van der Waals surface area contributed by atoms with Crippen LogP contribution in [0.2, 0.25) is 0 Å². The predicted octanol–water partition coefficient (Wildman–Crippen LogP) is 3.56. The first-order valence-corrected chi connectivity index (χ1v) is 12.8. The number of rotatable bonds is 5. The summed E-state index contributed by atoms with van der Waals surface area (Å²) in [5, 5.41) is 3.95. The van der Waals surface area contributed by atoms with Crippen molar-refractivity contribution in [3.63, 3.8) is 0 Å². The molecule has 1 N–H and O–H groups in total. The highest BCUT2D eigenvalue weighted by atomic mass is 19.1. The van der Waals surface area contributed by atoms with Gasteiger partial charge in [0.05, 0.1) is 41.0 Å². The number of esters is 1. The van der Waals surface area contributed by atoms with Gasteiger partial charge in [0.2, 0.25) is 5.91 Å². The first-order chi connectivity index (χ1) is 17.8. The van der Waals surface area contributed by atoms with E-state index in [1.54, 1.807) is 11.5 Å². The second kappa shape index (κ2) is 8.76. The minimum absolute atomic E-state index is 0.0441. The summed E-state index contributed by atoms with van der Waals surface area (Å²) in [7, 11) is 0. The molecule has 3 aromatic rings. The zero-order valence-corrected chi connectivity index (χ0v) is 21.1. The molecule has 0 unspecified atom stereocenters. The second-order valence-corrected chi connectivity index (χ2v) is 9.93. The van der Waals surface area contributed by atoms with Crippen LogP contribution >= 0.6 is 0 Å². The maximum absolute atomic E-state index is 14.9. The SMILES string of the molecule is CCOCC(=O)N[C@H]1CCc2c(C)c(F)cc3nc4c(c1c23)Cn1c-4cc2c(c1=O)COC(=O)[C@@H]2CC. The zero-order chi connectivity index (χ0) is 26.0. The molecule has 1 aromatic carbocycles. The molecule has 0 spiro atoms. The van der Waals surface area contributed by atoms with E-state index in [0.29, 0.717) is 59.5 Å². The Morgan fingerprint density at radius 2 is 2.05 bits per heavy atom. The van der Waals surface area contributed by atoms with Crippen LogP contribution in [0.5, 0.6) is 0 Å². The van der Waals surface area contributed by atoms with Gasteiger partial charge in [-0.3, -0.25) is 14.4 Å². The van der Waals surface area contributed by atoms with Crippen molar-refractivity contribution in [2.24, 2.45) is 0 Å². The Hall–Kier alpha value is -3.59. The molecular weight excluding hydrogens is 477 g/mol. The third-order valence-corrected chi connectivity index (χ3v) is 7.97. The van der Waals surface area contributed by atoms with Crippen molar-refractivity contribution >= 4 is 22.8 Å². The van der Waals surface area contributed by atoms with Crippen LogP contribution in [0.15, 0.2) is 16.9 Å². The Kier molecular flexibility index (Phi) is 5.63. The number of nitrogens with zero attached hydrogens (tertiary/aromatic N) is 2. The van der Waals surface area contributed by atoms with Crippen molar-refractivity contribution in [2.45, 2.75) is 65.1 Å². The highest BCUT2D eigenvalue weighted by Crippen LogP contribution is 2.45. The van der Waals surface area contributed by atoms with Gasteiger partial charge in [-0.05, 0) is 61.4 Å². The molecule has 2 aliphatic heterocycles. The van der Waals surface area contributed by atoms with Gasteiger partial charge >= 0.3 is 5.97 Å². The lowest BCUT2D eigenvalue weighted by molar-refractivity contribution is -0.148. The number of aryl methyl sites for hydroxylation is 1. The van der Waals surface area contributed by atoms with Gasteiger partial charge in [-0.25, -0.2) is 9.37 Å². The van der Waals surface area contributed by atoms with Crippen LogP contribution in [0.1, 0.15) is 72.0 Å². The summed E-state index contributed by atoms with van der Waals surface area (Å²) in [5.74, 6) is -1.40. The first-order valence-electron chi connectivity index (χ1n) is 12.8. The van der Waals surface area contributed by atoms with Crippen LogP contribution in [-0.2, 0) is 38.6 Å². The fourth-order valence-electron chi connectivity index (χ4n) is 6.15. The number of benzene rings is 1. The molecule has 2 atom stereocenters. The van der Waals surface area contributed by atoms with Gasteiger partial charge in [0, 0.05) is 23.6 Å². The maximum atomic E-state index is 14.9. The smallest absolute Gasteiger partial charge is 0.313 e. The molecule has 192 valence electrons. The standard InChI is InChI=1S/C28H28FN3O5/c1-4-14-16-8-22-26-17(10-32(22)27(34)18(16)11-37-28(14)35)25-20(30-23(33)12-36-5-2)7-6-15-13(3)19(29)9-21(31-26)24(15)25/h8-9,14,20H,4-7,10-12H2,1-3H3,(H,30,33)/t14-,20+/m1/s1. The number of pyridine rings is 2. The number of halogens is 1. The molecule has 6 rings (SSSR count). The second-order valence-electron chi connectivity index (χ2n) is 9.93. The molecule has 0 bridgehead atoms. The molecule has 37 heavy (non-hydrogen) atoms. The van der Waals surface area contributed by atoms with Crippen LogP contribution in [0.4, 0.5) is 4.39 Å². The molecule has 0 saturated carbocycles. The van der Waals surface area contributed by atoms with E-state index in [4.69, 9.17) is 14.5 Å². The van der Waals surface area contributed by atoms with Gasteiger partial charge in [0.1, 0.15) is 19.0 Å². The van der Waals surface area contributed by atoms with Crippen LogP contribution in [0.25, 0.3) is 22.3 Å². The number of cyclic esters (lactones) is 1. The van der Waals surface area contributed by atoms with Crippen molar-refractivity contribution in [3.8, 4) is 11.4 Å². The lowest BCUT2D eigenvalue weighted by Crippen LogP contribution is -2.34. The largest absolute Gasteiger partial charge is 0.460 e. The average Bonchev–Trinajstić information content (AvgIpc) is 3.25. The van der Waals surface area contributed by atoms with Crippen molar-refractivity contribution in [3.05, 3.63) is 61.7 Å². The zero-order valence-electron chi connectivity index (χ0n) is 21.1. The highest BCUT2D eigenvalue weighted by molar-refractivity contribution is 5.93.